The summed E-state index contributed by atoms with van der Waals surface area (Å²) in [5.41, 5.74) is 8.27. The molecule has 0 aliphatic carbocycles. The minimum Gasteiger partial charge on any atom is -0.494 e. The highest BCUT2D eigenvalue weighted by atomic mass is 35.5. The third-order valence-electron chi connectivity index (χ3n) is 5.61. The van der Waals surface area contributed by atoms with Crippen molar-refractivity contribution in [2.24, 2.45) is 5.92 Å². The first-order valence-electron chi connectivity index (χ1n) is 9.78. The first-order chi connectivity index (χ1) is 14.3. The number of aromatic nitrogens is 1. The number of furan rings is 1. The van der Waals surface area contributed by atoms with Crippen LogP contribution in [0.25, 0.3) is 0 Å². The van der Waals surface area contributed by atoms with Gasteiger partial charge >= 0.3 is 0 Å². The van der Waals surface area contributed by atoms with Crippen LogP contribution in [0.3, 0.4) is 0 Å². The number of hydrazine groups is 1. The van der Waals surface area contributed by atoms with Gasteiger partial charge in [0.15, 0.2) is 0 Å². The van der Waals surface area contributed by atoms with Gasteiger partial charge < -0.3 is 14.1 Å². The molecule has 30 heavy (non-hydrogen) atoms. The van der Waals surface area contributed by atoms with Crippen molar-refractivity contribution in [3.63, 3.8) is 0 Å². The molecule has 3 aromatic rings. The average molecular weight is 427 g/mol. The first-order valence-corrected chi connectivity index (χ1v) is 9.78. The predicted molar refractivity (Wildman–Crippen MR) is 114 cm³/mol. The Morgan fingerprint density at radius 2 is 1.90 bits per heavy atom. The van der Waals surface area contributed by atoms with Gasteiger partial charge in [0.2, 0.25) is 5.91 Å². The molecular formula is C22H23ClN4O3. The molecule has 2 aliphatic heterocycles. The molecule has 1 amide bonds. The van der Waals surface area contributed by atoms with Crippen LogP contribution in [0.2, 0.25) is 0 Å². The van der Waals surface area contributed by atoms with Crippen LogP contribution in [0.5, 0.6) is 5.75 Å². The number of ether oxygens (including phenoxy) is 1. The van der Waals surface area contributed by atoms with Gasteiger partial charge in [-0.3, -0.25) is 9.78 Å². The standard InChI is InChI=1S/C22H22N4O3.ClH/c1-2-28-16-9-7-15(8-10-16)26-21(14-5-3-11-23-13-14)18-19(17-6-4-12-29-17)24-25-20(18)22(26)27;/h3-13,18-21,24-25H,2H2,1H3;1H. The van der Waals surface area contributed by atoms with Crippen molar-refractivity contribution in [3.8, 4) is 5.75 Å². The van der Waals surface area contributed by atoms with E-state index in [0.717, 1.165) is 22.8 Å². The third kappa shape index (κ3) is 3.35. The molecule has 4 unspecified atom stereocenters. The molecule has 5 rings (SSSR count). The van der Waals surface area contributed by atoms with E-state index in [2.05, 4.69) is 15.8 Å². The summed E-state index contributed by atoms with van der Waals surface area (Å²) in [4.78, 5) is 19.6. The number of fused-ring (bicyclic) bond motifs is 1. The molecule has 1 aromatic carbocycles. The number of hydrogen-bond acceptors (Lipinski definition) is 6. The zero-order valence-corrected chi connectivity index (χ0v) is 17.2. The van der Waals surface area contributed by atoms with Crippen molar-refractivity contribution >= 4 is 24.0 Å². The smallest absolute Gasteiger partial charge is 0.246 e. The fourth-order valence-electron chi connectivity index (χ4n) is 4.42. The van der Waals surface area contributed by atoms with Gasteiger partial charge in [-0.1, -0.05) is 6.07 Å². The van der Waals surface area contributed by atoms with Crippen molar-refractivity contribution in [2.75, 3.05) is 11.5 Å². The second kappa shape index (κ2) is 8.47. The Morgan fingerprint density at radius 1 is 1.10 bits per heavy atom. The Kier molecular flexibility index (Phi) is 5.76. The van der Waals surface area contributed by atoms with Gasteiger partial charge in [0.05, 0.1) is 25.0 Å². The maximum atomic E-state index is 13.4. The average Bonchev–Trinajstić information content (AvgIpc) is 3.47. The number of amides is 1. The molecule has 2 saturated heterocycles. The normalized spacial score (nSPS) is 25.1. The van der Waals surface area contributed by atoms with Crippen LogP contribution in [0.4, 0.5) is 5.69 Å². The summed E-state index contributed by atoms with van der Waals surface area (Å²) < 4.78 is 11.2. The van der Waals surface area contributed by atoms with Gasteiger partial charge in [-0.05, 0) is 55.0 Å². The summed E-state index contributed by atoms with van der Waals surface area (Å²) in [5.74, 6) is 1.56. The van der Waals surface area contributed by atoms with E-state index in [4.69, 9.17) is 9.15 Å². The van der Waals surface area contributed by atoms with Crippen LogP contribution in [-0.2, 0) is 4.79 Å². The third-order valence-corrected chi connectivity index (χ3v) is 5.61. The summed E-state index contributed by atoms with van der Waals surface area (Å²) in [6.07, 6.45) is 5.23. The summed E-state index contributed by atoms with van der Waals surface area (Å²) in [7, 11) is 0. The molecule has 0 spiro atoms. The number of hydrogen-bond donors (Lipinski definition) is 2. The Bertz CT molecular complexity index is 981. The van der Waals surface area contributed by atoms with E-state index in [1.807, 2.05) is 66.6 Å². The van der Waals surface area contributed by atoms with E-state index >= 15 is 0 Å². The highest BCUT2D eigenvalue weighted by Crippen LogP contribution is 2.48. The molecule has 0 radical (unpaired) electrons. The Hall–Kier alpha value is -2.87. The minimum atomic E-state index is -0.359. The number of rotatable bonds is 5. The predicted octanol–water partition coefficient (Wildman–Crippen LogP) is 3.42. The summed E-state index contributed by atoms with van der Waals surface area (Å²) in [6.45, 7) is 2.55. The van der Waals surface area contributed by atoms with Crippen molar-refractivity contribution in [2.45, 2.75) is 25.0 Å². The Labute approximate surface area is 180 Å². The summed E-state index contributed by atoms with van der Waals surface area (Å²) in [6, 6.07) is 14.7. The quantitative estimate of drug-likeness (QED) is 0.650. The highest BCUT2D eigenvalue weighted by molar-refractivity contribution is 6.01. The van der Waals surface area contributed by atoms with E-state index in [1.54, 1.807) is 12.5 Å². The molecule has 2 N–H and O–H groups in total. The second-order valence-electron chi connectivity index (χ2n) is 7.20. The van der Waals surface area contributed by atoms with Gasteiger partial charge in [-0.25, -0.2) is 10.9 Å². The van der Waals surface area contributed by atoms with Crippen molar-refractivity contribution in [1.29, 1.82) is 0 Å². The molecule has 7 nitrogen and oxygen atoms in total. The van der Waals surface area contributed by atoms with Gasteiger partial charge in [-0.2, -0.15) is 0 Å². The number of halogens is 1. The number of carbonyl (C=O) groups is 1. The van der Waals surface area contributed by atoms with Gasteiger partial charge in [-0.15, -0.1) is 12.4 Å². The van der Waals surface area contributed by atoms with Crippen LogP contribution < -0.4 is 20.5 Å². The lowest BCUT2D eigenvalue weighted by molar-refractivity contribution is -0.119. The number of pyridine rings is 1. The zero-order chi connectivity index (χ0) is 19.8. The van der Waals surface area contributed by atoms with Crippen LogP contribution in [-0.4, -0.2) is 23.5 Å². The first kappa shape index (κ1) is 20.4. The Balaban J connectivity index is 0.00000218. The summed E-state index contributed by atoms with van der Waals surface area (Å²) >= 11 is 0. The van der Waals surface area contributed by atoms with Crippen LogP contribution in [0.1, 0.15) is 30.3 Å². The van der Waals surface area contributed by atoms with Crippen LogP contribution >= 0.6 is 12.4 Å². The molecule has 0 bridgehead atoms. The van der Waals surface area contributed by atoms with Gasteiger partial charge in [0, 0.05) is 24.0 Å². The molecular weight excluding hydrogens is 404 g/mol. The maximum absolute atomic E-state index is 13.4. The molecule has 0 saturated carbocycles. The molecule has 4 heterocycles. The van der Waals surface area contributed by atoms with E-state index in [0.29, 0.717) is 6.61 Å². The minimum absolute atomic E-state index is 0. The molecule has 4 atom stereocenters. The fourth-order valence-corrected chi connectivity index (χ4v) is 4.42. The van der Waals surface area contributed by atoms with Crippen molar-refractivity contribution in [3.05, 3.63) is 78.5 Å². The van der Waals surface area contributed by atoms with E-state index in [-0.39, 0.29) is 42.4 Å². The van der Waals surface area contributed by atoms with Crippen LogP contribution in [0, 0.1) is 5.92 Å². The lowest BCUT2D eigenvalue weighted by Crippen LogP contribution is -2.41. The maximum Gasteiger partial charge on any atom is 0.246 e. The van der Waals surface area contributed by atoms with Gasteiger partial charge in [0.25, 0.3) is 0 Å². The largest absolute Gasteiger partial charge is 0.494 e. The van der Waals surface area contributed by atoms with E-state index in [9.17, 15) is 4.79 Å². The highest BCUT2D eigenvalue weighted by Gasteiger charge is 2.56. The summed E-state index contributed by atoms with van der Waals surface area (Å²) in [5, 5.41) is 0. The monoisotopic (exact) mass is 426 g/mol. The fraction of sp³-hybridized carbons (Fsp3) is 0.273. The zero-order valence-electron chi connectivity index (χ0n) is 16.4. The molecule has 156 valence electrons. The SMILES string of the molecule is CCOc1ccc(N2C(=O)C3NNC(c4ccco4)C3C2c2cccnc2)cc1.Cl. The Morgan fingerprint density at radius 3 is 2.57 bits per heavy atom. The van der Waals surface area contributed by atoms with Crippen molar-refractivity contribution in [1.82, 2.24) is 15.8 Å². The molecule has 2 aromatic heterocycles. The van der Waals surface area contributed by atoms with Gasteiger partial charge in [0.1, 0.15) is 17.6 Å². The van der Waals surface area contributed by atoms with E-state index in [1.165, 1.54) is 0 Å². The lowest BCUT2D eigenvalue weighted by Gasteiger charge is -2.30. The number of nitrogens with zero attached hydrogens (tertiary/aromatic N) is 2. The van der Waals surface area contributed by atoms with E-state index < -0.39 is 0 Å². The number of benzene rings is 1. The topological polar surface area (TPSA) is 79.6 Å². The molecule has 2 fully saturated rings. The number of anilines is 1. The lowest BCUT2D eigenvalue weighted by atomic mass is 9.86. The second-order valence-corrected chi connectivity index (χ2v) is 7.20. The van der Waals surface area contributed by atoms with Crippen LogP contribution in [0.15, 0.2) is 71.6 Å². The molecule has 8 heteroatoms. The number of nitrogens with one attached hydrogen (secondary N) is 2. The van der Waals surface area contributed by atoms with Crippen molar-refractivity contribution < 1.29 is 13.9 Å². The number of carbonyl (C=O) groups excluding carboxylic acids is 1. The molecule has 2 aliphatic rings.